The summed E-state index contributed by atoms with van der Waals surface area (Å²) in [6.45, 7) is 10.6. The Bertz CT molecular complexity index is 740. The molecule has 1 aromatic carbocycles. The van der Waals surface area contributed by atoms with E-state index < -0.39 is 34.7 Å². The highest BCUT2D eigenvalue weighted by molar-refractivity contribution is 6.01. The van der Waals surface area contributed by atoms with Crippen molar-refractivity contribution in [3.8, 4) is 0 Å². The molecule has 0 fully saturated rings. The molecule has 0 bridgehead atoms. The lowest BCUT2D eigenvalue weighted by Crippen LogP contribution is -2.45. The molecule has 0 spiro atoms. The van der Waals surface area contributed by atoms with Crippen molar-refractivity contribution >= 4 is 23.9 Å². The lowest BCUT2D eigenvalue weighted by Gasteiger charge is -2.31. The van der Waals surface area contributed by atoms with Gasteiger partial charge >= 0.3 is 23.9 Å². The minimum atomic E-state index is -1.55. The van der Waals surface area contributed by atoms with Crippen LogP contribution in [-0.4, -0.2) is 50.3 Å². The molecule has 1 aromatic rings. The number of hydrogen-bond donors (Lipinski definition) is 0. The molecule has 0 atom stereocenters. The van der Waals surface area contributed by atoms with Crippen molar-refractivity contribution in [3.63, 3.8) is 0 Å². The summed E-state index contributed by atoms with van der Waals surface area (Å²) in [6.07, 6.45) is 0.326. The Balaban J connectivity index is 3.58. The summed E-state index contributed by atoms with van der Waals surface area (Å²) in [4.78, 5) is 51.9. The molecule has 0 saturated heterocycles. The van der Waals surface area contributed by atoms with E-state index >= 15 is 0 Å². The third kappa shape index (κ3) is 6.36. The lowest BCUT2D eigenvalue weighted by atomic mass is 9.74. The molecular weight excluding hydrogens is 440 g/mol. The molecule has 0 unspecified atom stereocenters. The lowest BCUT2D eigenvalue weighted by molar-refractivity contribution is -0.174. The predicted octanol–water partition coefficient (Wildman–Crippen LogP) is 3.82. The molecule has 0 amide bonds. The first kappa shape index (κ1) is 29.1. The third-order valence-electron chi connectivity index (χ3n) is 5.97. The fraction of sp³-hybridized carbons (Fsp3) is 0.615. The van der Waals surface area contributed by atoms with Crippen LogP contribution in [0.5, 0.6) is 0 Å². The Morgan fingerprint density at radius 3 is 1.03 bits per heavy atom. The van der Waals surface area contributed by atoms with Crippen molar-refractivity contribution in [1.29, 1.82) is 0 Å². The van der Waals surface area contributed by atoms with Crippen LogP contribution < -0.4 is 0 Å². The molecule has 0 radical (unpaired) electrons. The van der Waals surface area contributed by atoms with Crippen LogP contribution in [0.2, 0.25) is 0 Å². The first-order valence-electron chi connectivity index (χ1n) is 12.0. The van der Waals surface area contributed by atoms with Crippen molar-refractivity contribution in [3.05, 3.63) is 35.4 Å². The van der Waals surface area contributed by atoms with E-state index in [-0.39, 0.29) is 52.1 Å². The molecule has 0 aromatic heterocycles. The molecule has 1 rings (SSSR count). The van der Waals surface area contributed by atoms with Crippen LogP contribution in [-0.2, 0) is 51.0 Å². The highest BCUT2D eigenvalue weighted by Crippen LogP contribution is 2.36. The third-order valence-corrected chi connectivity index (χ3v) is 5.97. The first-order valence-corrected chi connectivity index (χ1v) is 12.0. The largest absolute Gasteiger partial charge is 0.465 e. The van der Waals surface area contributed by atoms with Gasteiger partial charge in [0, 0.05) is 0 Å². The second-order valence-electron chi connectivity index (χ2n) is 7.88. The highest BCUT2D eigenvalue weighted by atomic mass is 16.6. The van der Waals surface area contributed by atoms with Gasteiger partial charge in [0.1, 0.15) is 0 Å². The van der Waals surface area contributed by atoms with Crippen molar-refractivity contribution < 1.29 is 38.1 Å². The molecule has 0 aliphatic rings. The fourth-order valence-electron chi connectivity index (χ4n) is 3.91. The van der Waals surface area contributed by atoms with E-state index in [0.29, 0.717) is 11.1 Å². The fourth-order valence-corrected chi connectivity index (χ4v) is 3.91. The summed E-state index contributed by atoms with van der Waals surface area (Å²) in [5.41, 5.74) is -1.83. The molecule has 8 nitrogen and oxygen atoms in total. The average Bonchev–Trinajstić information content (AvgIpc) is 2.82. The van der Waals surface area contributed by atoms with Gasteiger partial charge in [0.15, 0.2) is 10.8 Å². The summed E-state index contributed by atoms with van der Waals surface area (Å²) < 4.78 is 21.0. The molecule has 8 heteroatoms. The minimum absolute atomic E-state index is 0.00276. The van der Waals surface area contributed by atoms with Gasteiger partial charge in [-0.2, -0.15) is 0 Å². The van der Waals surface area contributed by atoms with E-state index in [2.05, 4.69) is 0 Å². The maximum atomic E-state index is 13.0. The molecule has 0 heterocycles. The van der Waals surface area contributed by atoms with Gasteiger partial charge in [-0.05, 0) is 64.5 Å². The van der Waals surface area contributed by atoms with Gasteiger partial charge in [0.25, 0.3) is 0 Å². The zero-order chi connectivity index (χ0) is 25.8. The van der Waals surface area contributed by atoms with Gasteiger partial charge < -0.3 is 18.9 Å². The Labute approximate surface area is 202 Å². The molecule has 0 aliphatic carbocycles. The Kier molecular flexibility index (Phi) is 11.8. The number of ether oxygens (including phenoxy) is 4. The second-order valence-corrected chi connectivity index (χ2v) is 7.88. The van der Waals surface area contributed by atoms with Gasteiger partial charge in [-0.1, -0.05) is 38.1 Å². The number of carbonyl (C=O) groups is 4. The number of carbonyl (C=O) groups excluding carboxylic acids is 4. The minimum Gasteiger partial charge on any atom is -0.465 e. The maximum Gasteiger partial charge on any atom is 0.323 e. The van der Waals surface area contributed by atoms with E-state index in [1.807, 2.05) is 0 Å². The van der Waals surface area contributed by atoms with Crippen LogP contribution in [0.4, 0.5) is 0 Å². The van der Waals surface area contributed by atoms with Crippen LogP contribution in [0, 0.1) is 10.8 Å². The molecule has 0 saturated carbocycles. The van der Waals surface area contributed by atoms with Gasteiger partial charge in [-0.3, -0.25) is 19.2 Å². The predicted molar refractivity (Wildman–Crippen MR) is 126 cm³/mol. The Morgan fingerprint density at radius 2 is 0.824 bits per heavy atom. The normalized spacial score (nSPS) is 11.5. The van der Waals surface area contributed by atoms with Gasteiger partial charge in [0.2, 0.25) is 0 Å². The summed E-state index contributed by atoms with van der Waals surface area (Å²) in [7, 11) is 0. The van der Waals surface area contributed by atoms with Crippen LogP contribution in [0.3, 0.4) is 0 Å². The summed E-state index contributed by atoms with van der Waals surface area (Å²) in [5, 5.41) is 0. The summed E-state index contributed by atoms with van der Waals surface area (Å²) in [5.74, 6) is -2.65. The Morgan fingerprint density at radius 1 is 0.559 bits per heavy atom. The van der Waals surface area contributed by atoms with Crippen molar-refractivity contribution in [2.24, 2.45) is 10.8 Å². The van der Waals surface area contributed by atoms with E-state index in [4.69, 9.17) is 18.9 Å². The number of esters is 4. The number of rotatable bonds is 14. The van der Waals surface area contributed by atoms with Gasteiger partial charge in [-0.15, -0.1) is 0 Å². The van der Waals surface area contributed by atoms with Crippen molar-refractivity contribution in [1.82, 2.24) is 0 Å². The second kappa shape index (κ2) is 13.7. The molecule has 190 valence electrons. The van der Waals surface area contributed by atoms with Crippen LogP contribution in [0.1, 0.15) is 65.5 Å². The SMILES string of the molecule is CCOC(=O)C(CC)(Cc1ccccc1CC(CC)(C(=O)OCC)C(=O)OCC)C(=O)OCC. The first-order chi connectivity index (χ1) is 16.2. The molecular formula is C26H38O8. The van der Waals surface area contributed by atoms with E-state index in [0.717, 1.165) is 0 Å². The van der Waals surface area contributed by atoms with Crippen LogP contribution in [0.15, 0.2) is 24.3 Å². The van der Waals surface area contributed by atoms with E-state index in [9.17, 15) is 19.2 Å². The quantitative estimate of drug-likeness (QED) is 0.226. The maximum absolute atomic E-state index is 13.0. The van der Waals surface area contributed by atoms with Crippen LogP contribution in [0.25, 0.3) is 0 Å². The van der Waals surface area contributed by atoms with E-state index in [1.165, 1.54) is 0 Å². The highest BCUT2D eigenvalue weighted by Gasteiger charge is 2.50. The number of benzene rings is 1. The molecule has 34 heavy (non-hydrogen) atoms. The van der Waals surface area contributed by atoms with E-state index in [1.54, 1.807) is 65.8 Å². The zero-order valence-corrected chi connectivity index (χ0v) is 21.2. The van der Waals surface area contributed by atoms with Gasteiger partial charge in [-0.25, -0.2) is 0 Å². The Hall–Kier alpha value is -2.90. The van der Waals surface area contributed by atoms with Crippen molar-refractivity contribution in [2.75, 3.05) is 26.4 Å². The van der Waals surface area contributed by atoms with Crippen molar-refractivity contribution in [2.45, 2.75) is 67.2 Å². The standard InChI is InChI=1S/C26H38O8/c1-7-25(21(27)31-9-3,22(28)32-10-4)17-19-15-13-14-16-20(19)18-26(8-2,23(29)33-11-5)24(30)34-12-6/h13-16H,7-12,17-18H2,1-6H3. The topological polar surface area (TPSA) is 105 Å². The van der Waals surface area contributed by atoms with Gasteiger partial charge in [0.05, 0.1) is 26.4 Å². The molecule has 0 aliphatic heterocycles. The summed E-state index contributed by atoms with van der Waals surface area (Å²) >= 11 is 0. The summed E-state index contributed by atoms with van der Waals surface area (Å²) in [6, 6.07) is 7.10. The average molecular weight is 479 g/mol. The molecule has 0 N–H and O–H groups in total. The number of hydrogen-bond acceptors (Lipinski definition) is 8. The monoisotopic (exact) mass is 478 g/mol. The zero-order valence-electron chi connectivity index (χ0n) is 21.2. The van der Waals surface area contributed by atoms with Crippen LogP contribution >= 0.6 is 0 Å². The smallest absolute Gasteiger partial charge is 0.323 e.